The molecule has 0 aliphatic heterocycles. The molecule has 0 aliphatic carbocycles. The van der Waals surface area contributed by atoms with Gasteiger partial charge < -0.3 is 0 Å². The summed E-state index contributed by atoms with van der Waals surface area (Å²) >= 11 is 5.44. The standard InChI is InChI=1S/C14H19ClO/c1-2-3-4-5-6-8-12-9-7-10-13(11-12)14(15)16/h7,9-11H,2-6,8H2,1H3. The molecule has 1 aromatic carbocycles. The van der Waals surface area contributed by atoms with Crippen molar-refractivity contribution < 1.29 is 4.79 Å². The van der Waals surface area contributed by atoms with Gasteiger partial charge in [0.2, 0.25) is 0 Å². The monoisotopic (exact) mass is 238 g/mol. The SMILES string of the molecule is CCCCCCCc1cccc(C(=O)Cl)c1. The molecule has 0 N–H and O–H groups in total. The Kier molecular flexibility index (Phi) is 6.17. The number of aryl methyl sites for hydroxylation is 1. The summed E-state index contributed by atoms with van der Waals surface area (Å²) in [6, 6.07) is 7.62. The third-order valence-corrected chi connectivity index (χ3v) is 2.94. The van der Waals surface area contributed by atoms with Gasteiger partial charge in [-0.1, -0.05) is 50.8 Å². The second-order valence-corrected chi connectivity index (χ2v) is 4.48. The van der Waals surface area contributed by atoms with Crippen LogP contribution in [0.25, 0.3) is 0 Å². The van der Waals surface area contributed by atoms with Gasteiger partial charge in [0.1, 0.15) is 0 Å². The summed E-state index contributed by atoms with van der Waals surface area (Å²) in [5.74, 6) is 0. The minimum Gasteiger partial charge on any atom is -0.276 e. The molecule has 1 nitrogen and oxygen atoms in total. The zero-order valence-corrected chi connectivity index (χ0v) is 10.6. The van der Waals surface area contributed by atoms with Crippen molar-refractivity contribution in [1.29, 1.82) is 0 Å². The van der Waals surface area contributed by atoms with Gasteiger partial charge in [-0.3, -0.25) is 4.79 Å². The second-order valence-electron chi connectivity index (χ2n) is 4.14. The van der Waals surface area contributed by atoms with Crippen molar-refractivity contribution in [2.24, 2.45) is 0 Å². The van der Waals surface area contributed by atoms with Gasteiger partial charge >= 0.3 is 0 Å². The molecule has 0 amide bonds. The number of halogens is 1. The topological polar surface area (TPSA) is 17.1 Å². The van der Waals surface area contributed by atoms with E-state index in [1.54, 1.807) is 6.07 Å². The molecule has 0 atom stereocenters. The Bertz CT molecular complexity index is 333. The van der Waals surface area contributed by atoms with Crippen LogP contribution in [0.5, 0.6) is 0 Å². The number of unbranched alkanes of at least 4 members (excludes halogenated alkanes) is 4. The Balaban J connectivity index is 2.36. The third kappa shape index (κ3) is 4.80. The predicted octanol–water partition coefficient (Wildman–Crippen LogP) is 4.58. The first-order valence-electron chi connectivity index (χ1n) is 6.03. The minimum atomic E-state index is -0.368. The Labute approximate surface area is 103 Å². The fourth-order valence-electron chi connectivity index (χ4n) is 1.78. The second kappa shape index (κ2) is 7.45. The van der Waals surface area contributed by atoms with Crippen LogP contribution in [0.1, 0.15) is 54.9 Å². The maximum absolute atomic E-state index is 11.0. The lowest BCUT2D eigenvalue weighted by atomic mass is 10.0. The zero-order chi connectivity index (χ0) is 11.8. The maximum atomic E-state index is 11.0. The van der Waals surface area contributed by atoms with E-state index in [9.17, 15) is 4.79 Å². The van der Waals surface area contributed by atoms with E-state index in [2.05, 4.69) is 13.0 Å². The highest BCUT2D eigenvalue weighted by Gasteiger charge is 2.02. The largest absolute Gasteiger partial charge is 0.276 e. The van der Waals surface area contributed by atoms with Gasteiger partial charge in [-0.2, -0.15) is 0 Å². The number of carbonyl (C=O) groups excluding carboxylic acids is 1. The van der Waals surface area contributed by atoms with E-state index in [0.717, 1.165) is 6.42 Å². The summed E-state index contributed by atoms with van der Waals surface area (Å²) in [7, 11) is 0. The lowest BCUT2D eigenvalue weighted by molar-refractivity contribution is 0.108. The van der Waals surface area contributed by atoms with Crippen LogP contribution in [0.2, 0.25) is 0 Å². The number of rotatable bonds is 7. The minimum absolute atomic E-state index is 0.368. The molecular formula is C14H19ClO. The Morgan fingerprint density at radius 1 is 1.19 bits per heavy atom. The summed E-state index contributed by atoms with van der Waals surface area (Å²) in [5.41, 5.74) is 1.82. The molecule has 1 rings (SSSR count). The highest BCUT2D eigenvalue weighted by atomic mass is 35.5. The van der Waals surface area contributed by atoms with Crippen molar-refractivity contribution in [3.8, 4) is 0 Å². The lowest BCUT2D eigenvalue weighted by Crippen LogP contribution is -1.92. The van der Waals surface area contributed by atoms with Gasteiger partial charge in [0.25, 0.3) is 5.24 Å². The highest BCUT2D eigenvalue weighted by molar-refractivity contribution is 6.67. The van der Waals surface area contributed by atoms with Crippen molar-refractivity contribution in [3.63, 3.8) is 0 Å². The van der Waals surface area contributed by atoms with E-state index in [1.807, 2.05) is 12.1 Å². The predicted molar refractivity (Wildman–Crippen MR) is 69.1 cm³/mol. The molecule has 2 heteroatoms. The molecule has 0 radical (unpaired) electrons. The summed E-state index contributed by atoms with van der Waals surface area (Å²) in [6.07, 6.45) is 7.41. The van der Waals surface area contributed by atoms with E-state index in [-0.39, 0.29) is 5.24 Å². The first kappa shape index (κ1) is 13.2. The van der Waals surface area contributed by atoms with Gasteiger partial charge in [0.05, 0.1) is 0 Å². The first-order chi connectivity index (χ1) is 7.74. The van der Waals surface area contributed by atoms with Crippen molar-refractivity contribution in [1.82, 2.24) is 0 Å². The molecule has 0 saturated heterocycles. The van der Waals surface area contributed by atoms with Gasteiger partial charge in [0.15, 0.2) is 0 Å². The van der Waals surface area contributed by atoms with E-state index < -0.39 is 0 Å². The molecule has 0 unspecified atom stereocenters. The maximum Gasteiger partial charge on any atom is 0.252 e. The fraction of sp³-hybridized carbons (Fsp3) is 0.500. The molecule has 0 saturated carbocycles. The summed E-state index contributed by atoms with van der Waals surface area (Å²) in [6.45, 7) is 2.22. The highest BCUT2D eigenvalue weighted by Crippen LogP contribution is 2.12. The number of hydrogen-bond acceptors (Lipinski definition) is 1. The normalized spacial score (nSPS) is 10.4. The van der Waals surface area contributed by atoms with Gasteiger partial charge in [-0.25, -0.2) is 0 Å². The van der Waals surface area contributed by atoms with Crippen molar-refractivity contribution in [2.45, 2.75) is 45.4 Å². The van der Waals surface area contributed by atoms with Gasteiger partial charge in [-0.05, 0) is 36.1 Å². The third-order valence-electron chi connectivity index (χ3n) is 2.72. The lowest BCUT2D eigenvalue weighted by Gasteiger charge is -2.02. The average molecular weight is 239 g/mol. The van der Waals surface area contributed by atoms with Crippen LogP contribution in [0, 0.1) is 0 Å². The van der Waals surface area contributed by atoms with E-state index >= 15 is 0 Å². The molecular weight excluding hydrogens is 220 g/mol. The molecule has 0 aromatic heterocycles. The van der Waals surface area contributed by atoms with Crippen molar-refractivity contribution in [2.75, 3.05) is 0 Å². The van der Waals surface area contributed by atoms with Crippen molar-refractivity contribution >= 4 is 16.8 Å². The van der Waals surface area contributed by atoms with Crippen molar-refractivity contribution in [3.05, 3.63) is 35.4 Å². The Morgan fingerprint density at radius 3 is 2.62 bits per heavy atom. The van der Waals surface area contributed by atoms with Crippen LogP contribution < -0.4 is 0 Å². The average Bonchev–Trinajstić information content (AvgIpc) is 2.29. The van der Waals surface area contributed by atoms with Crippen LogP contribution in [0.15, 0.2) is 24.3 Å². The Morgan fingerprint density at radius 2 is 1.94 bits per heavy atom. The number of carbonyl (C=O) groups is 1. The smallest absolute Gasteiger partial charge is 0.252 e. The van der Waals surface area contributed by atoms with E-state index in [4.69, 9.17) is 11.6 Å². The molecule has 0 aliphatic rings. The van der Waals surface area contributed by atoms with E-state index in [0.29, 0.717) is 5.56 Å². The Hall–Kier alpha value is -0.820. The molecule has 0 fully saturated rings. The number of hydrogen-bond donors (Lipinski definition) is 0. The summed E-state index contributed by atoms with van der Waals surface area (Å²) in [5, 5.41) is -0.368. The van der Waals surface area contributed by atoms with Gasteiger partial charge in [0, 0.05) is 5.56 Å². The van der Waals surface area contributed by atoms with Crippen LogP contribution in [-0.4, -0.2) is 5.24 Å². The van der Waals surface area contributed by atoms with Crippen LogP contribution >= 0.6 is 11.6 Å². The molecule has 0 heterocycles. The molecule has 0 bridgehead atoms. The van der Waals surface area contributed by atoms with Crippen LogP contribution in [-0.2, 0) is 6.42 Å². The quantitative estimate of drug-likeness (QED) is 0.502. The number of benzene rings is 1. The van der Waals surface area contributed by atoms with Crippen LogP contribution in [0.3, 0.4) is 0 Å². The first-order valence-corrected chi connectivity index (χ1v) is 6.40. The van der Waals surface area contributed by atoms with E-state index in [1.165, 1.54) is 37.7 Å². The molecule has 1 aromatic rings. The van der Waals surface area contributed by atoms with Gasteiger partial charge in [-0.15, -0.1) is 0 Å². The molecule has 16 heavy (non-hydrogen) atoms. The summed E-state index contributed by atoms with van der Waals surface area (Å²) in [4.78, 5) is 11.0. The molecule has 0 spiro atoms. The van der Waals surface area contributed by atoms with Crippen LogP contribution in [0.4, 0.5) is 0 Å². The summed E-state index contributed by atoms with van der Waals surface area (Å²) < 4.78 is 0. The fourth-order valence-corrected chi connectivity index (χ4v) is 1.90. The zero-order valence-electron chi connectivity index (χ0n) is 9.84. The molecule has 88 valence electrons.